The monoisotopic (exact) mass is 450 g/mol. The molecule has 2 fully saturated rings. The Morgan fingerprint density at radius 1 is 1.24 bits per heavy atom. The van der Waals surface area contributed by atoms with Gasteiger partial charge in [-0.3, -0.25) is 14.6 Å². The van der Waals surface area contributed by atoms with Crippen LogP contribution in [-0.4, -0.2) is 52.5 Å². The van der Waals surface area contributed by atoms with Gasteiger partial charge in [-0.15, -0.1) is 0 Å². The maximum atomic E-state index is 13.1. The Morgan fingerprint density at radius 3 is 2.64 bits per heavy atom. The van der Waals surface area contributed by atoms with Crippen molar-refractivity contribution in [1.29, 1.82) is 0 Å². The zero-order valence-electron chi connectivity index (χ0n) is 19.3. The van der Waals surface area contributed by atoms with Crippen LogP contribution in [0.5, 0.6) is 5.75 Å². The number of benzene rings is 1. The van der Waals surface area contributed by atoms with Crippen molar-refractivity contribution < 1.29 is 24.2 Å². The summed E-state index contributed by atoms with van der Waals surface area (Å²) in [5, 5.41) is 11.2. The molecular weight excluding hydrogens is 420 g/mol. The van der Waals surface area contributed by atoms with E-state index in [1.165, 1.54) is 4.90 Å². The van der Waals surface area contributed by atoms with Crippen LogP contribution >= 0.6 is 0 Å². The minimum atomic E-state index is -0.700. The van der Waals surface area contributed by atoms with Gasteiger partial charge < -0.3 is 19.5 Å². The number of ketones is 1. The first-order chi connectivity index (χ1) is 15.9. The van der Waals surface area contributed by atoms with Gasteiger partial charge in [-0.2, -0.15) is 0 Å². The third-order valence-electron chi connectivity index (χ3n) is 6.01. The number of amides is 1. The predicted molar refractivity (Wildman–Crippen MR) is 124 cm³/mol. The van der Waals surface area contributed by atoms with Crippen molar-refractivity contribution in [1.82, 2.24) is 9.88 Å². The molecule has 0 saturated carbocycles. The number of aromatic nitrogens is 1. The van der Waals surface area contributed by atoms with Crippen LogP contribution in [0.1, 0.15) is 49.4 Å². The Hall–Kier alpha value is -3.19. The smallest absolute Gasteiger partial charge is 0.295 e. The Kier molecular flexibility index (Phi) is 6.79. The number of ether oxygens (including phenoxy) is 2. The van der Waals surface area contributed by atoms with Gasteiger partial charge in [0.25, 0.3) is 11.7 Å². The number of carbonyl (C=O) groups excluding carboxylic acids is 2. The molecule has 0 bridgehead atoms. The van der Waals surface area contributed by atoms with Crippen molar-refractivity contribution in [3.8, 4) is 5.75 Å². The number of hydrogen-bond acceptors (Lipinski definition) is 6. The molecule has 33 heavy (non-hydrogen) atoms. The Labute approximate surface area is 194 Å². The number of nitrogens with zero attached hydrogens (tertiary/aromatic N) is 2. The number of Topliss-reactive ketones (excluding diaryl/α,β-unsaturated/α-hetero) is 1. The molecule has 2 atom stereocenters. The molecule has 2 aromatic rings. The van der Waals surface area contributed by atoms with Gasteiger partial charge in [0.05, 0.1) is 24.3 Å². The van der Waals surface area contributed by atoms with Crippen molar-refractivity contribution in [3.63, 3.8) is 0 Å². The lowest BCUT2D eigenvalue weighted by Gasteiger charge is -2.27. The molecule has 0 radical (unpaired) electrons. The van der Waals surface area contributed by atoms with Crippen molar-refractivity contribution in [2.24, 2.45) is 5.92 Å². The second-order valence-electron chi connectivity index (χ2n) is 9.05. The van der Waals surface area contributed by atoms with Gasteiger partial charge in [-0.05, 0) is 67.1 Å². The third kappa shape index (κ3) is 4.78. The molecule has 2 aliphatic heterocycles. The summed E-state index contributed by atoms with van der Waals surface area (Å²) in [5.74, 6) is -0.390. The molecule has 2 saturated heterocycles. The summed E-state index contributed by atoms with van der Waals surface area (Å²) in [5.41, 5.74) is 2.11. The van der Waals surface area contributed by atoms with Gasteiger partial charge in [0.2, 0.25) is 0 Å². The van der Waals surface area contributed by atoms with Gasteiger partial charge in [0.15, 0.2) is 0 Å². The van der Waals surface area contributed by atoms with Gasteiger partial charge in [-0.1, -0.05) is 13.8 Å². The average Bonchev–Trinajstić information content (AvgIpc) is 3.40. The fourth-order valence-corrected chi connectivity index (χ4v) is 4.34. The second kappa shape index (κ2) is 9.75. The van der Waals surface area contributed by atoms with E-state index in [1.807, 2.05) is 6.92 Å². The van der Waals surface area contributed by atoms with Crippen LogP contribution in [0.2, 0.25) is 0 Å². The van der Waals surface area contributed by atoms with Crippen LogP contribution in [0.15, 0.2) is 48.3 Å². The average molecular weight is 451 g/mol. The van der Waals surface area contributed by atoms with Crippen LogP contribution in [0.4, 0.5) is 0 Å². The predicted octanol–water partition coefficient (Wildman–Crippen LogP) is 4.03. The summed E-state index contributed by atoms with van der Waals surface area (Å²) in [6.45, 7) is 7.58. The van der Waals surface area contributed by atoms with E-state index in [0.29, 0.717) is 31.2 Å². The number of likely N-dealkylation sites (tertiary alicyclic amines) is 1. The molecule has 1 N–H and O–H groups in total. The van der Waals surface area contributed by atoms with E-state index in [2.05, 4.69) is 18.8 Å². The number of aryl methyl sites for hydroxylation is 1. The fraction of sp³-hybridized carbons (Fsp3) is 0.423. The van der Waals surface area contributed by atoms with Crippen LogP contribution < -0.4 is 4.74 Å². The third-order valence-corrected chi connectivity index (χ3v) is 6.01. The maximum absolute atomic E-state index is 13.1. The number of rotatable bonds is 7. The summed E-state index contributed by atoms with van der Waals surface area (Å²) in [6, 6.07) is 8.11. The highest BCUT2D eigenvalue weighted by atomic mass is 16.5. The normalized spacial score (nSPS) is 22.4. The largest absolute Gasteiger partial charge is 0.507 e. The van der Waals surface area contributed by atoms with Crippen molar-refractivity contribution in [2.45, 2.75) is 45.8 Å². The Balaban J connectivity index is 1.73. The molecule has 174 valence electrons. The lowest BCUT2D eigenvalue weighted by molar-refractivity contribution is -0.140. The first kappa shape index (κ1) is 23.0. The molecule has 0 spiro atoms. The van der Waals surface area contributed by atoms with E-state index < -0.39 is 17.7 Å². The molecule has 7 nitrogen and oxygen atoms in total. The molecule has 2 aliphatic rings. The number of pyridine rings is 1. The van der Waals surface area contributed by atoms with Crippen LogP contribution in [-0.2, 0) is 14.3 Å². The van der Waals surface area contributed by atoms with Crippen molar-refractivity contribution in [3.05, 3.63) is 65.0 Å². The van der Waals surface area contributed by atoms with Crippen molar-refractivity contribution >= 4 is 17.4 Å². The SMILES string of the molecule is Cc1cc(/C(O)=C2/C(=O)C(=O)N(CC3CCCO3)C2c2ccncc2)ccc1OCC(C)C. The van der Waals surface area contributed by atoms with Crippen LogP contribution in [0, 0.1) is 12.8 Å². The molecule has 4 rings (SSSR count). The van der Waals surface area contributed by atoms with Crippen LogP contribution in [0.3, 0.4) is 0 Å². The lowest BCUT2D eigenvalue weighted by atomic mass is 9.95. The first-order valence-corrected chi connectivity index (χ1v) is 11.4. The minimum absolute atomic E-state index is 0.0828. The van der Waals surface area contributed by atoms with Gasteiger partial charge >= 0.3 is 0 Å². The van der Waals surface area contributed by atoms with E-state index in [0.717, 1.165) is 29.7 Å². The summed E-state index contributed by atoms with van der Waals surface area (Å²) in [7, 11) is 0. The second-order valence-corrected chi connectivity index (χ2v) is 9.05. The number of aliphatic hydroxyl groups is 1. The van der Waals surface area contributed by atoms with Crippen LogP contribution in [0.25, 0.3) is 5.76 Å². The fourth-order valence-electron chi connectivity index (χ4n) is 4.34. The van der Waals surface area contributed by atoms with Gasteiger partial charge in [0.1, 0.15) is 11.5 Å². The number of aliphatic hydroxyl groups excluding tert-OH is 1. The molecule has 0 aliphatic carbocycles. The highest BCUT2D eigenvalue weighted by Gasteiger charge is 2.47. The van der Waals surface area contributed by atoms with E-state index in [1.54, 1.807) is 42.7 Å². The van der Waals surface area contributed by atoms with Gasteiger partial charge in [-0.25, -0.2) is 0 Å². The first-order valence-electron chi connectivity index (χ1n) is 11.4. The molecule has 1 aromatic heterocycles. The molecule has 1 amide bonds. The molecule has 3 heterocycles. The highest BCUT2D eigenvalue weighted by molar-refractivity contribution is 6.46. The summed E-state index contributed by atoms with van der Waals surface area (Å²) < 4.78 is 11.6. The summed E-state index contributed by atoms with van der Waals surface area (Å²) >= 11 is 0. The zero-order chi connectivity index (χ0) is 23.5. The molecule has 2 unspecified atom stereocenters. The quantitative estimate of drug-likeness (QED) is 0.389. The minimum Gasteiger partial charge on any atom is -0.507 e. The molecule has 1 aromatic carbocycles. The topological polar surface area (TPSA) is 89.0 Å². The van der Waals surface area contributed by atoms with Gasteiger partial charge in [0, 0.05) is 31.1 Å². The maximum Gasteiger partial charge on any atom is 0.295 e. The standard InChI is InChI=1S/C26H30N2O5/c1-16(2)15-33-21-7-6-19(13-17(21)3)24(29)22-23(18-8-10-27-11-9-18)28(26(31)25(22)30)14-20-5-4-12-32-20/h6-11,13,16,20,23,29H,4-5,12,14-15H2,1-3H3/b24-22-. The zero-order valence-corrected chi connectivity index (χ0v) is 19.3. The number of carbonyl (C=O) groups is 2. The Bertz CT molecular complexity index is 1060. The number of hydrogen-bond donors (Lipinski definition) is 1. The summed E-state index contributed by atoms with van der Waals surface area (Å²) in [6.07, 6.45) is 4.88. The highest BCUT2D eigenvalue weighted by Crippen LogP contribution is 2.40. The lowest BCUT2D eigenvalue weighted by Crippen LogP contribution is -2.36. The van der Waals surface area contributed by atoms with E-state index in [4.69, 9.17) is 9.47 Å². The molecular formula is C26H30N2O5. The molecule has 7 heteroatoms. The summed E-state index contributed by atoms with van der Waals surface area (Å²) in [4.78, 5) is 31.7. The van der Waals surface area contributed by atoms with E-state index in [-0.39, 0.29) is 17.4 Å². The van der Waals surface area contributed by atoms with E-state index >= 15 is 0 Å². The Morgan fingerprint density at radius 2 is 2.00 bits per heavy atom. The van der Waals surface area contributed by atoms with E-state index in [9.17, 15) is 14.7 Å². The van der Waals surface area contributed by atoms with Crippen molar-refractivity contribution in [2.75, 3.05) is 19.8 Å².